The first-order valence-electron chi connectivity index (χ1n) is 5.90. The van der Waals surface area contributed by atoms with Crippen LogP contribution >= 0.6 is 15.9 Å². The van der Waals surface area contributed by atoms with Gasteiger partial charge in [0, 0.05) is 22.6 Å². The Bertz CT molecular complexity index is 629. The minimum atomic E-state index is 0.595. The molecule has 0 spiro atoms. The third kappa shape index (κ3) is 2.19. The van der Waals surface area contributed by atoms with Crippen LogP contribution in [0.4, 0.5) is 5.69 Å². The van der Waals surface area contributed by atoms with Crippen LogP contribution in [0.2, 0.25) is 0 Å². The molecule has 0 saturated carbocycles. The molecule has 1 heterocycles. The number of rotatable bonds is 3. The van der Waals surface area contributed by atoms with Gasteiger partial charge in [-0.3, -0.25) is 4.98 Å². The van der Waals surface area contributed by atoms with Crippen molar-refractivity contribution >= 4 is 32.5 Å². The van der Waals surface area contributed by atoms with Crippen molar-refractivity contribution in [2.75, 3.05) is 11.9 Å². The molecule has 0 radical (unpaired) electrons. The number of nitrogens with zero attached hydrogens (tertiary/aromatic N) is 2. The predicted molar refractivity (Wildman–Crippen MR) is 77.7 cm³/mol. The molecule has 0 aliphatic heterocycles. The first-order chi connectivity index (χ1) is 8.69. The van der Waals surface area contributed by atoms with Crippen LogP contribution in [0.3, 0.4) is 0 Å². The van der Waals surface area contributed by atoms with Crippen LogP contribution in [0, 0.1) is 18.3 Å². The highest BCUT2D eigenvalue weighted by atomic mass is 79.9. The van der Waals surface area contributed by atoms with Crippen LogP contribution < -0.4 is 5.32 Å². The van der Waals surface area contributed by atoms with Crippen LogP contribution in [-0.2, 0) is 0 Å². The molecule has 0 bridgehead atoms. The number of aryl methyl sites for hydroxylation is 1. The number of halogens is 1. The molecule has 0 amide bonds. The normalized spacial score (nSPS) is 10.3. The Morgan fingerprint density at radius 1 is 1.44 bits per heavy atom. The fraction of sp³-hybridized carbons (Fsp3) is 0.286. The third-order valence-electron chi connectivity index (χ3n) is 2.90. The lowest BCUT2D eigenvalue weighted by molar-refractivity contribution is 0.980. The highest BCUT2D eigenvalue weighted by Crippen LogP contribution is 2.31. The highest BCUT2D eigenvalue weighted by molar-refractivity contribution is 9.10. The smallest absolute Gasteiger partial charge is 0.103 e. The van der Waals surface area contributed by atoms with Crippen molar-refractivity contribution in [2.45, 2.75) is 20.3 Å². The second kappa shape index (κ2) is 5.36. The molecule has 2 rings (SSSR count). The lowest BCUT2D eigenvalue weighted by Crippen LogP contribution is -2.03. The van der Waals surface area contributed by atoms with E-state index in [1.807, 2.05) is 19.1 Å². The molecule has 0 aliphatic carbocycles. The van der Waals surface area contributed by atoms with E-state index in [2.05, 4.69) is 39.2 Å². The van der Waals surface area contributed by atoms with Gasteiger partial charge in [-0.1, -0.05) is 22.9 Å². The Balaban J connectivity index is 2.70. The van der Waals surface area contributed by atoms with Gasteiger partial charge in [0.15, 0.2) is 0 Å². The van der Waals surface area contributed by atoms with E-state index in [0.717, 1.165) is 39.6 Å². The van der Waals surface area contributed by atoms with Crippen LogP contribution in [0.25, 0.3) is 10.9 Å². The van der Waals surface area contributed by atoms with Gasteiger partial charge in [-0.25, -0.2) is 0 Å². The van der Waals surface area contributed by atoms with Gasteiger partial charge < -0.3 is 5.32 Å². The number of nitrogens with one attached hydrogen (secondary N) is 1. The van der Waals surface area contributed by atoms with Crippen molar-refractivity contribution in [3.63, 3.8) is 0 Å². The summed E-state index contributed by atoms with van der Waals surface area (Å²) in [6.45, 7) is 4.97. The number of benzene rings is 1. The summed E-state index contributed by atoms with van der Waals surface area (Å²) in [6, 6.07) is 6.19. The van der Waals surface area contributed by atoms with E-state index in [4.69, 9.17) is 5.26 Å². The predicted octanol–water partition coefficient (Wildman–Crippen LogP) is 4.00. The van der Waals surface area contributed by atoms with Gasteiger partial charge in [0.1, 0.15) is 6.07 Å². The molecule has 4 heteroatoms. The van der Waals surface area contributed by atoms with E-state index in [1.165, 1.54) is 0 Å². The molecule has 0 saturated heterocycles. The summed E-state index contributed by atoms with van der Waals surface area (Å²) in [5.74, 6) is 0. The highest BCUT2D eigenvalue weighted by Gasteiger charge is 2.11. The second-order valence-corrected chi connectivity index (χ2v) is 5.01. The van der Waals surface area contributed by atoms with Crippen LogP contribution in [0.5, 0.6) is 0 Å². The number of anilines is 1. The Morgan fingerprint density at radius 3 is 2.89 bits per heavy atom. The van der Waals surface area contributed by atoms with Gasteiger partial charge in [-0.2, -0.15) is 5.26 Å². The molecular formula is C14H14BrN3. The van der Waals surface area contributed by atoms with Crippen molar-refractivity contribution in [1.29, 1.82) is 5.26 Å². The number of aromatic nitrogens is 1. The van der Waals surface area contributed by atoms with Gasteiger partial charge in [0.25, 0.3) is 0 Å². The summed E-state index contributed by atoms with van der Waals surface area (Å²) < 4.78 is 1.04. The van der Waals surface area contributed by atoms with Crippen molar-refractivity contribution in [2.24, 2.45) is 0 Å². The molecule has 1 N–H and O–H groups in total. The topological polar surface area (TPSA) is 48.7 Å². The Hall–Kier alpha value is -1.60. The average molecular weight is 304 g/mol. The van der Waals surface area contributed by atoms with Gasteiger partial charge in [-0.15, -0.1) is 0 Å². The molecule has 18 heavy (non-hydrogen) atoms. The average Bonchev–Trinajstić information content (AvgIpc) is 2.40. The van der Waals surface area contributed by atoms with E-state index in [9.17, 15) is 0 Å². The molecule has 1 aromatic heterocycles. The van der Waals surface area contributed by atoms with Crippen LogP contribution in [0.15, 0.2) is 22.8 Å². The van der Waals surface area contributed by atoms with Gasteiger partial charge >= 0.3 is 0 Å². The minimum absolute atomic E-state index is 0.595. The zero-order valence-corrected chi connectivity index (χ0v) is 12.0. The Kier molecular flexibility index (Phi) is 3.83. The van der Waals surface area contributed by atoms with Crippen LogP contribution in [-0.4, -0.2) is 11.5 Å². The first-order valence-corrected chi connectivity index (χ1v) is 6.70. The summed E-state index contributed by atoms with van der Waals surface area (Å²) in [5.41, 5.74) is 3.51. The maximum atomic E-state index is 9.16. The van der Waals surface area contributed by atoms with Crippen LogP contribution in [0.1, 0.15) is 24.5 Å². The van der Waals surface area contributed by atoms with E-state index in [0.29, 0.717) is 5.56 Å². The summed E-state index contributed by atoms with van der Waals surface area (Å²) in [6.07, 6.45) is 2.66. The monoisotopic (exact) mass is 303 g/mol. The molecule has 3 nitrogen and oxygen atoms in total. The van der Waals surface area contributed by atoms with E-state index in [-0.39, 0.29) is 0 Å². The fourth-order valence-corrected chi connectivity index (χ4v) is 2.23. The summed E-state index contributed by atoms with van der Waals surface area (Å²) >= 11 is 3.50. The molecule has 2 aromatic rings. The molecule has 0 unspecified atom stereocenters. The van der Waals surface area contributed by atoms with E-state index < -0.39 is 0 Å². The molecule has 0 fully saturated rings. The Labute approximate surface area is 115 Å². The zero-order chi connectivity index (χ0) is 13.1. The van der Waals surface area contributed by atoms with Gasteiger partial charge in [-0.05, 0) is 31.0 Å². The van der Waals surface area contributed by atoms with Gasteiger partial charge in [0.2, 0.25) is 0 Å². The number of hydrogen-bond acceptors (Lipinski definition) is 3. The lowest BCUT2D eigenvalue weighted by atomic mass is 10.1. The number of nitriles is 1. The Morgan fingerprint density at radius 2 is 2.22 bits per heavy atom. The second-order valence-electron chi connectivity index (χ2n) is 4.15. The fourth-order valence-electron chi connectivity index (χ4n) is 1.91. The molecule has 0 aliphatic rings. The third-order valence-corrected chi connectivity index (χ3v) is 3.76. The van der Waals surface area contributed by atoms with E-state index >= 15 is 0 Å². The maximum absolute atomic E-state index is 9.16. The molecule has 92 valence electrons. The minimum Gasteiger partial charge on any atom is -0.383 e. The number of fused-ring (bicyclic) bond motifs is 1. The summed E-state index contributed by atoms with van der Waals surface area (Å²) in [7, 11) is 0. The molecule has 0 atom stereocenters. The summed E-state index contributed by atoms with van der Waals surface area (Å²) in [5, 5.41) is 13.5. The quantitative estimate of drug-likeness (QED) is 0.932. The van der Waals surface area contributed by atoms with Crippen molar-refractivity contribution in [3.8, 4) is 6.07 Å². The largest absolute Gasteiger partial charge is 0.383 e. The summed E-state index contributed by atoms with van der Waals surface area (Å²) in [4.78, 5) is 4.39. The van der Waals surface area contributed by atoms with Gasteiger partial charge in [0.05, 0.1) is 16.8 Å². The maximum Gasteiger partial charge on any atom is 0.103 e. The zero-order valence-electron chi connectivity index (χ0n) is 10.4. The van der Waals surface area contributed by atoms with Crippen molar-refractivity contribution in [1.82, 2.24) is 4.98 Å². The first kappa shape index (κ1) is 12.8. The number of pyridine rings is 1. The van der Waals surface area contributed by atoms with Crippen molar-refractivity contribution in [3.05, 3.63) is 33.9 Å². The standard InChI is InChI=1S/C14H14BrN3/c1-3-6-17-14-10(7-16)8-18-13-9(2)12(15)5-4-11(13)14/h4-5,8H,3,6H2,1-2H3,(H,17,18). The van der Waals surface area contributed by atoms with Crippen molar-refractivity contribution < 1.29 is 0 Å². The molecule has 1 aromatic carbocycles. The molecular weight excluding hydrogens is 290 g/mol. The SMILES string of the molecule is CCCNc1c(C#N)cnc2c(C)c(Br)ccc12. The lowest BCUT2D eigenvalue weighted by Gasteiger charge is -2.12. The van der Waals surface area contributed by atoms with E-state index in [1.54, 1.807) is 6.20 Å². The number of hydrogen-bond donors (Lipinski definition) is 1.